The van der Waals surface area contributed by atoms with Gasteiger partial charge in [-0.05, 0) is 42.5 Å². The number of rotatable bonds is 9. The summed E-state index contributed by atoms with van der Waals surface area (Å²) in [4.78, 5) is 17.4. The van der Waals surface area contributed by atoms with Crippen molar-refractivity contribution in [1.29, 1.82) is 0 Å². The van der Waals surface area contributed by atoms with Crippen molar-refractivity contribution in [1.82, 2.24) is 14.8 Å². The van der Waals surface area contributed by atoms with E-state index in [1.165, 1.54) is 6.33 Å². The molecular formula is C20H23ClN5O3+. The molecule has 1 amide bonds. The summed E-state index contributed by atoms with van der Waals surface area (Å²) in [5.41, 5.74) is 1.27. The highest BCUT2D eigenvalue weighted by atomic mass is 35.5. The number of aromatic nitrogens is 3. The van der Waals surface area contributed by atoms with Crippen molar-refractivity contribution in [2.75, 3.05) is 39.2 Å². The Kier molecular flexibility index (Phi) is 7.04. The number of anilines is 1. The van der Waals surface area contributed by atoms with Crippen LogP contribution in [-0.4, -0.2) is 54.5 Å². The second-order valence-electron chi connectivity index (χ2n) is 6.46. The number of amides is 1. The van der Waals surface area contributed by atoms with Gasteiger partial charge in [-0.2, -0.15) is 5.10 Å². The van der Waals surface area contributed by atoms with Gasteiger partial charge < -0.3 is 19.7 Å². The van der Waals surface area contributed by atoms with Crippen LogP contribution in [0.3, 0.4) is 0 Å². The van der Waals surface area contributed by atoms with Crippen molar-refractivity contribution in [3.8, 4) is 17.2 Å². The first-order valence-corrected chi connectivity index (χ1v) is 9.45. The molecule has 152 valence electrons. The summed E-state index contributed by atoms with van der Waals surface area (Å²) in [6.07, 6.45) is 2.99. The minimum Gasteiger partial charge on any atom is -0.497 e. The molecule has 3 aromatic rings. The highest BCUT2D eigenvalue weighted by Crippen LogP contribution is 2.23. The predicted octanol–water partition coefficient (Wildman–Crippen LogP) is 1.46. The number of hydrogen-bond acceptors (Lipinski definition) is 5. The molecule has 29 heavy (non-hydrogen) atoms. The molecule has 0 saturated heterocycles. The number of likely N-dealkylation sites (N-methyl/N-ethyl adjacent to an activating group) is 1. The maximum atomic E-state index is 12.5. The third kappa shape index (κ3) is 5.94. The van der Waals surface area contributed by atoms with E-state index in [1.54, 1.807) is 36.3 Å². The molecule has 2 aromatic carbocycles. The van der Waals surface area contributed by atoms with Crippen LogP contribution >= 0.6 is 11.6 Å². The molecule has 8 nitrogen and oxygen atoms in total. The van der Waals surface area contributed by atoms with Crippen molar-refractivity contribution < 1.29 is 19.2 Å². The van der Waals surface area contributed by atoms with E-state index in [-0.39, 0.29) is 12.5 Å². The van der Waals surface area contributed by atoms with Gasteiger partial charge in [-0.15, -0.1) is 0 Å². The predicted molar refractivity (Wildman–Crippen MR) is 110 cm³/mol. The number of nitrogens with zero attached hydrogens (tertiary/aromatic N) is 3. The molecule has 0 saturated carbocycles. The Balaban J connectivity index is 1.50. The molecule has 0 spiro atoms. The molecule has 1 heterocycles. The van der Waals surface area contributed by atoms with E-state index in [2.05, 4.69) is 15.4 Å². The Hall–Kier alpha value is -3.10. The van der Waals surface area contributed by atoms with Gasteiger partial charge in [0.15, 0.2) is 6.54 Å². The summed E-state index contributed by atoms with van der Waals surface area (Å²) in [5.74, 6) is 1.41. The van der Waals surface area contributed by atoms with Crippen molar-refractivity contribution in [3.63, 3.8) is 0 Å². The Morgan fingerprint density at radius 3 is 2.66 bits per heavy atom. The van der Waals surface area contributed by atoms with Crippen LogP contribution in [0.1, 0.15) is 0 Å². The van der Waals surface area contributed by atoms with E-state index in [0.29, 0.717) is 29.5 Å². The molecule has 1 atom stereocenters. The lowest BCUT2D eigenvalue weighted by Gasteiger charge is -2.16. The standard InChI is InChI=1S/C20H22ClN5O3/c1-25(9-10-29-17-6-4-16(28-2)5-7-17)12-20(27)24-18-11-15(21)3-8-19(18)26-14-22-13-23-26/h3-8,11,13-14H,9-10,12H2,1-2H3,(H,24,27)/p+1. The van der Waals surface area contributed by atoms with Crippen LogP contribution in [0.5, 0.6) is 11.5 Å². The van der Waals surface area contributed by atoms with Gasteiger partial charge in [-0.1, -0.05) is 11.6 Å². The van der Waals surface area contributed by atoms with Gasteiger partial charge in [0.2, 0.25) is 0 Å². The topological polar surface area (TPSA) is 82.7 Å². The maximum Gasteiger partial charge on any atom is 0.279 e. The summed E-state index contributed by atoms with van der Waals surface area (Å²) in [7, 11) is 3.56. The molecular weight excluding hydrogens is 394 g/mol. The number of nitrogens with one attached hydrogen (secondary N) is 2. The summed E-state index contributed by atoms with van der Waals surface area (Å²) < 4.78 is 12.4. The van der Waals surface area contributed by atoms with Gasteiger partial charge in [0.25, 0.3) is 5.91 Å². The Morgan fingerprint density at radius 1 is 1.21 bits per heavy atom. The second kappa shape index (κ2) is 9.90. The molecule has 0 aliphatic heterocycles. The van der Waals surface area contributed by atoms with E-state index < -0.39 is 0 Å². The van der Waals surface area contributed by atoms with E-state index >= 15 is 0 Å². The van der Waals surface area contributed by atoms with Crippen molar-refractivity contribution in [3.05, 3.63) is 60.1 Å². The largest absolute Gasteiger partial charge is 0.497 e. The van der Waals surface area contributed by atoms with Crippen LogP contribution in [0.2, 0.25) is 5.02 Å². The smallest absolute Gasteiger partial charge is 0.279 e. The summed E-state index contributed by atoms with van der Waals surface area (Å²) in [6, 6.07) is 12.6. The fourth-order valence-corrected chi connectivity index (χ4v) is 2.88. The van der Waals surface area contributed by atoms with E-state index in [0.717, 1.165) is 16.4 Å². The highest BCUT2D eigenvalue weighted by molar-refractivity contribution is 6.31. The van der Waals surface area contributed by atoms with Crippen molar-refractivity contribution in [2.45, 2.75) is 0 Å². The molecule has 9 heteroatoms. The van der Waals surface area contributed by atoms with Crippen LogP contribution in [0.15, 0.2) is 55.1 Å². The van der Waals surface area contributed by atoms with Crippen molar-refractivity contribution >= 4 is 23.2 Å². The molecule has 2 N–H and O–H groups in total. The molecule has 0 fully saturated rings. The maximum absolute atomic E-state index is 12.5. The van der Waals surface area contributed by atoms with E-state index in [9.17, 15) is 4.79 Å². The normalized spacial score (nSPS) is 11.7. The molecule has 0 aliphatic rings. The monoisotopic (exact) mass is 416 g/mol. The number of halogens is 1. The third-order valence-corrected chi connectivity index (χ3v) is 4.45. The zero-order valence-electron chi connectivity index (χ0n) is 16.3. The van der Waals surface area contributed by atoms with Gasteiger partial charge >= 0.3 is 0 Å². The summed E-state index contributed by atoms with van der Waals surface area (Å²) >= 11 is 6.09. The third-order valence-electron chi connectivity index (χ3n) is 4.22. The molecule has 3 rings (SSSR count). The number of benzene rings is 2. The fourth-order valence-electron chi connectivity index (χ4n) is 2.71. The quantitative estimate of drug-likeness (QED) is 0.552. The summed E-state index contributed by atoms with van der Waals surface area (Å²) in [5, 5.41) is 7.54. The first-order valence-electron chi connectivity index (χ1n) is 9.07. The van der Waals surface area contributed by atoms with E-state index in [4.69, 9.17) is 21.1 Å². The average Bonchev–Trinajstić information content (AvgIpc) is 3.23. The zero-order valence-corrected chi connectivity index (χ0v) is 17.0. The van der Waals surface area contributed by atoms with Crippen LogP contribution < -0.4 is 19.7 Å². The number of carbonyl (C=O) groups excluding carboxylic acids is 1. The van der Waals surface area contributed by atoms with Crippen LogP contribution in [0.25, 0.3) is 5.69 Å². The zero-order chi connectivity index (χ0) is 20.6. The van der Waals surface area contributed by atoms with Crippen LogP contribution in [-0.2, 0) is 4.79 Å². The lowest BCUT2D eigenvalue weighted by atomic mass is 10.2. The minimum atomic E-state index is -0.129. The number of methoxy groups -OCH3 is 1. The number of ether oxygens (including phenoxy) is 2. The molecule has 1 unspecified atom stereocenters. The fraction of sp³-hybridized carbons (Fsp3) is 0.250. The van der Waals surface area contributed by atoms with Crippen LogP contribution in [0.4, 0.5) is 5.69 Å². The lowest BCUT2D eigenvalue weighted by molar-refractivity contribution is -0.871. The van der Waals surface area contributed by atoms with Gasteiger partial charge in [0, 0.05) is 5.02 Å². The highest BCUT2D eigenvalue weighted by Gasteiger charge is 2.14. The Morgan fingerprint density at radius 2 is 1.97 bits per heavy atom. The van der Waals surface area contributed by atoms with Crippen LogP contribution in [0, 0.1) is 0 Å². The van der Waals surface area contributed by atoms with Gasteiger partial charge in [-0.3, -0.25) is 4.79 Å². The van der Waals surface area contributed by atoms with Gasteiger partial charge in [0.05, 0.1) is 25.5 Å². The first kappa shape index (κ1) is 20.6. The number of hydrogen-bond donors (Lipinski definition) is 2. The van der Waals surface area contributed by atoms with E-state index in [1.807, 2.05) is 31.3 Å². The summed E-state index contributed by atoms with van der Waals surface area (Å²) in [6.45, 7) is 1.45. The molecule has 0 radical (unpaired) electrons. The van der Waals surface area contributed by atoms with Gasteiger partial charge in [0.1, 0.15) is 37.3 Å². The van der Waals surface area contributed by atoms with Crippen molar-refractivity contribution in [2.24, 2.45) is 0 Å². The average molecular weight is 417 g/mol. The molecule has 1 aromatic heterocycles. The lowest BCUT2D eigenvalue weighted by Crippen LogP contribution is -3.10. The Labute approximate surface area is 174 Å². The SMILES string of the molecule is COc1ccc(OCC[NH+](C)CC(=O)Nc2cc(Cl)ccc2-n2cncn2)cc1. The van der Waals surface area contributed by atoms with Gasteiger partial charge in [-0.25, -0.2) is 9.67 Å². The molecule has 0 aliphatic carbocycles. The molecule has 0 bridgehead atoms. The number of carbonyl (C=O) groups is 1. The minimum absolute atomic E-state index is 0.129. The Bertz CT molecular complexity index is 932. The second-order valence-corrected chi connectivity index (χ2v) is 6.89. The first-order chi connectivity index (χ1) is 14.0. The number of quaternary nitrogens is 1.